The van der Waals surface area contributed by atoms with E-state index in [1.807, 2.05) is 0 Å². The van der Waals surface area contributed by atoms with Gasteiger partial charge in [-0.15, -0.1) is 5.92 Å². The number of amides is 1. The fourth-order valence-electron chi connectivity index (χ4n) is 0.749. The van der Waals surface area contributed by atoms with Gasteiger partial charge in [0.05, 0.1) is 6.54 Å². The highest BCUT2D eigenvalue weighted by Crippen LogP contribution is 1.91. The molecule has 68 valence electrons. The molecule has 0 rings (SSSR count). The van der Waals surface area contributed by atoms with Crippen LogP contribution in [-0.2, 0) is 4.79 Å². The van der Waals surface area contributed by atoms with E-state index in [-0.39, 0.29) is 5.91 Å². The van der Waals surface area contributed by atoms with Gasteiger partial charge in [-0.1, -0.05) is 5.92 Å². The van der Waals surface area contributed by atoms with Gasteiger partial charge in [0.1, 0.15) is 0 Å². The summed E-state index contributed by atoms with van der Waals surface area (Å²) >= 11 is 0. The van der Waals surface area contributed by atoms with Crippen LogP contribution in [0.5, 0.6) is 0 Å². The maximum absolute atomic E-state index is 11.0. The molecule has 0 saturated heterocycles. The second kappa shape index (κ2) is 8.09. The van der Waals surface area contributed by atoms with Gasteiger partial charge in [-0.25, -0.2) is 0 Å². The van der Waals surface area contributed by atoms with E-state index >= 15 is 0 Å². The summed E-state index contributed by atoms with van der Waals surface area (Å²) in [6.07, 6.45) is 2.33. The summed E-state index contributed by atoms with van der Waals surface area (Å²) in [4.78, 5) is 11.0. The van der Waals surface area contributed by atoms with Crippen LogP contribution in [-0.4, -0.2) is 19.0 Å². The Balaban J connectivity index is 3.25. The molecule has 0 spiro atoms. The fraction of sp³-hybridized carbons (Fsp3) is 0.667. The summed E-state index contributed by atoms with van der Waals surface area (Å²) in [7, 11) is 0. The third-order valence-electron chi connectivity index (χ3n) is 1.41. The van der Waals surface area contributed by atoms with Crippen LogP contribution < -0.4 is 11.1 Å². The second-order valence-corrected chi connectivity index (χ2v) is 2.45. The predicted octanol–water partition coefficient (Wildman–Crippen LogP) is 0.255. The first-order chi connectivity index (χ1) is 5.81. The molecule has 0 unspecified atom stereocenters. The summed E-state index contributed by atoms with van der Waals surface area (Å²) in [5.41, 5.74) is 5.28. The summed E-state index contributed by atoms with van der Waals surface area (Å²) < 4.78 is 0. The SMILES string of the molecule is CC#CCNC(=O)CCCCN. The molecule has 3 heteroatoms. The van der Waals surface area contributed by atoms with Gasteiger partial charge < -0.3 is 11.1 Å². The van der Waals surface area contributed by atoms with Gasteiger partial charge in [0.2, 0.25) is 5.91 Å². The van der Waals surface area contributed by atoms with Crippen molar-refractivity contribution in [2.75, 3.05) is 13.1 Å². The molecular formula is C9H16N2O. The molecule has 0 radical (unpaired) electrons. The van der Waals surface area contributed by atoms with Crippen molar-refractivity contribution in [3.05, 3.63) is 0 Å². The predicted molar refractivity (Wildman–Crippen MR) is 49.4 cm³/mol. The zero-order valence-electron chi connectivity index (χ0n) is 7.52. The Hall–Kier alpha value is -1.01. The lowest BCUT2D eigenvalue weighted by Crippen LogP contribution is -2.23. The van der Waals surface area contributed by atoms with E-state index in [2.05, 4.69) is 17.2 Å². The standard InChI is InChI=1S/C9H16N2O/c1-2-3-8-11-9(12)6-4-5-7-10/h4-8,10H2,1H3,(H,11,12). The van der Waals surface area contributed by atoms with E-state index in [1.54, 1.807) is 6.92 Å². The van der Waals surface area contributed by atoms with E-state index in [4.69, 9.17) is 5.73 Å². The van der Waals surface area contributed by atoms with E-state index in [0.717, 1.165) is 12.8 Å². The maximum atomic E-state index is 11.0. The molecule has 0 aromatic rings. The Bertz CT molecular complexity index is 179. The molecule has 3 N–H and O–H groups in total. The average molecular weight is 168 g/mol. The van der Waals surface area contributed by atoms with Crippen LogP contribution in [0.3, 0.4) is 0 Å². The van der Waals surface area contributed by atoms with Crippen molar-refractivity contribution in [3.63, 3.8) is 0 Å². The van der Waals surface area contributed by atoms with Crippen LogP contribution >= 0.6 is 0 Å². The van der Waals surface area contributed by atoms with Gasteiger partial charge in [-0.2, -0.15) is 0 Å². The molecule has 0 aliphatic carbocycles. The van der Waals surface area contributed by atoms with Crippen molar-refractivity contribution in [2.45, 2.75) is 26.2 Å². The minimum Gasteiger partial charge on any atom is -0.345 e. The maximum Gasteiger partial charge on any atom is 0.220 e. The molecule has 0 fully saturated rings. The summed E-state index contributed by atoms with van der Waals surface area (Å²) in [5, 5.41) is 2.69. The number of unbranched alkanes of at least 4 members (excludes halogenated alkanes) is 1. The molecule has 0 aliphatic rings. The van der Waals surface area contributed by atoms with Crippen LogP contribution in [0.2, 0.25) is 0 Å². The highest BCUT2D eigenvalue weighted by Gasteiger charge is 1.97. The molecule has 0 bridgehead atoms. The number of nitrogens with one attached hydrogen (secondary N) is 1. The van der Waals surface area contributed by atoms with Crippen molar-refractivity contribution < 1.29 is 4.79 Å². The zero-order chi connectivity index (χ0) is 9.23. The van der Waals surface area contributed by atoms with Crippen molar-refractivity contribution >= 4 is 5.91 Å². The molecule has 0 saturated carbocycles. The van der Waals surface area contributed by atoms with Gasteiger partial charge in [-0.3, -0.25) is 4.79 Å². The molecule has 0 atom stereocenters. The number of hydrogen-bond acceptors (Lipinski definition) is 2. The van der Waals surface area contributed by atoms with Crippen LogP contribution in [0.15, 0.2) is 0 Å². The van der Waals surface area contributed by atoms with Gasteiger partial charge in [0.15, 0.2) is 0 Å². The second-order valence-electron chi connectivity index (χ2n) is 2.45. The third kappa shape index (κ3) is 7.10. The molecule has 12 heavy (non-hydrogen) atoms. The first-order valence-electron chi connectivity index (χ1n) is 4.17. The Morgan fingerprint density at radius 3 is 2.83 bits per heavy atom. The molecule has 3 nitrogen and oxygen atoms in total. The topological polar surface area (TPSA) is 55.1 Å². The normalized spacial score (nSPS) is 8.50. The fourth-order valence-corrected chi connectivity index (χ4v) is 0.749. The Labute approximate surface area is 73.7 Å². The molecule has 0 aromatic heterocycles. The summed E-state index contributed by atoms with van der Waals surface area (Å²) in [6, 6.07) is 0. The van der Waals surface area contributed by atoms with Crippen LogP contribution in [0.4, 0.5) is 0 Å². The van der Waals surface area contributed by atoms with Gasteiger partial charge in [0.25, 0.3) is 0 Å². The first kappa shape index (κ1) is 11.0. The number of hydrogen-bond donors (Lipinski definition) is 2. The molecular weight excluding hydrogens is 152 g/mol. The van der Waals surface area contributed by atoms with E-state index in [9.17, 15) is 4.79 Å². The van der Waals surface area contributed by atoms with Crippen molar-refractivity contribution in [1.29, 1.82) is 0 Å². The minimum atomic E-state index is 0.0613. The zero-order valence-corrected chi connectivity index (χ0v) is 7.52. The molecule has 0 aromatic carbocycles. The number of carbonyl (C=O) groups is 1. The number of nitrogens with two attached hydrogens (primary N) is 1. The van der Waals surface area contributed by atoms with Gasteiger partial charge >= 0.3 is 0 Å². The molecule has 0 heterocycles. The number of carbonyl (C=O) groups excluding carboxylic acids is 1. The van der Waals surface area contributed by atoms with E-state index < -0.39 is 0 Å². The summed E-state index contributed by atoms with van der Waals surface area (Å²) in [6.45, 7) is 2.86. The van der Waals surface area contributed by atoms with Crippen LogP contribution in [0.25, 0.3) is 0 Å². The highest BCUT2D eigenvalue weighted by molar-refractivity contribution is 5.76. The summed E-state index contributed by atoms with van der Waals surface area (Å²) in [5.74, 6) is 5.53. The van der Waals surface area contributed by atoms with E-state index in [1.165, 1.54) is 0 Å². The lowest BCUT2D eigenvalue weighted by Gasteiger charge is -1.99. The lowest BCUT2D eigenvalue weighted by molar-refractivity contribution is -0.120. The number of rotatable bonds is 5. The minimum absolute atomic E-state index is 0.0613. The molecule has 1 amide bonds. The largest absolute Gasteiger partial charge is 0.345 e. The monoisotopic (exact) mass is 168 g/mol. The van der Waals surface area contributed by atoms with Crippen LogP contribution in [0, 0.1) is 11.8 Å². The molecule has 0 aliphatic heterocycles. The van der Waals surface area contributed by atoms with Crippen LogP contribution in [0.1, 0.15) is 26.2 Å². The quantitative estimate of drug-likeness (QED) is 0.457. The van der Waals surface area contributed by atoms with Crippen molar-refractivity contribution in [1.82, 2.24) is 5.32 Å². The smallest absolute Gasteiger partial charge is 0.220 e. The Kier molecular flexibility index (Phi) is 7.41. The van der Waals surface area contributed by atoms with Crippen molar-refractivity contribution in [3.8, 4) is 11.8 Å². The Morgan fingerprint density at radius 2 is 2.25 bits per heavy atom. The van der Waals surface area contributed by atoms with Crippen molar-refractivity contribution in [2.24, 2.45) is 5.73 Å². The van der Waals surface area contributed by atoms with Gasteiger partial charge in [0, 0.05) is 6.42 Å². The highest BCUT2D eigenvalue weighted by atomic mass is 16.1. The van der Waals surface area contributed by atoms with E-state index in [0.29, 0.717) is 19.5 Å². The lowest BCUT2D eigenvalue weighted by atomic mass is 10.2. The first-order valence-corrected chi connectivity index (χ1v) is 4.17. The average Bonchev–Trinajstić information content (AvgIpc) is 2.06. The third-order valence-corrected chi connectivity index (χ3v) is 1.41. The van der Waals surface area contributed by atoms with Gasteiger partial charge in [-0.05, 0) is 26.3 Å². The Morgan fingerprint density at radius 1 is 1.50 bits per heavy atom.